The number of benzene rings is 2. The fourth-order valence-corrected chi connectivity index (χ4v) is 4.63. The molecule has 2 aromatic carbocycles. The smallest absolute Gasteiger partial charge is 0.341 e. The van der Waals surface area contributed by atoms with E-state index >= 15 is 0 Å². The molecule has 0 radical (unpaired) electrons. The molecule has 1 aromatic heterocycles. The number of carbonyl (C=O) groups excluding carboxylic acids is 4. The van der Waals surface area contributed by atoms with Crippen LogP contribution in [-0.4, -0.2) is 50.1 Å². The predicted octanol–water partition coefficient (Wildman–Crippen LogP) is 4.94. The van der Waals surface area contributed by atoms with Crippen LogP contribution >= 0.6 is 11.3 Å². The Kier molecular flexibility index (Phi) is 11.0. The first kappa shape index (κ1) is 30.1. The zero-order valence-electron chi connectivity index (χ0n) is 22.8. The molecule has 0 aliphatic heterocycles. The molecular formula is C30H32N2O7S. The number of methoxy groups -OCH3 is 1. The van der Waals surface area contributed by atoms with Gasteiger partial charge in [0.1, 0.15) is 22.4 Å². The maximum atomic E-state index is 12.7. The van der Waals surface area contributed by atoms with E-state index in [1.54, 1.807) is 63.6 Å². The average Bonchev–Trinajstić information content (AvgIpc) is 3.37. The zero-order valence-corrected chi connectivity index (χ0v) is 23.6. The molecule has 0 aliphatic rings. The highest BCUT2D eigenvalue weighted by molar-refractivity contribution is 7.15. The average molecular weight is 565 g/mol. The third kappa shape index (κ3) is 8.28. The molecule has 210 valence electrons. The Balaban J connectivity index is 1.62. The van der Waals surface area contributed by atoms with Crippen LogP contribution in [0.25, 0.3) is 17.2 Å². The number of ether oxygens (including phenoxy) is 3. The molecule has 0 saturated heterocycles. The second-order valence-corrected chi connectivity index (χ2v) is 9.81. The van der Waals surface area contributed by atoms with E-state index in [0.29, 0.717) is 11.3 Å². The van der Waals surface area contributed by atoms with E-state index in [1.807, 2.05) is 30.3 Å². The number of hydrogen-bond donors (Lipinski definition) is 2. The Bertz CT molecular complexity index is 1350. The molecule has 0 saturated carbocycles. The van der Waals surface area contributed by atoms with Crippen molar-refractivity contribution in [2.45, 2.75) is 26.8 Å². The molecule has 2 amide bonds. The van der Waals surface area contributed by atoms with Gasteiger partial charge in [-0.2, -0.15) is 0 Å². The molecular weight excluding hydrogens is 532 g/mol. The zero-order chi connectivity index (χ0) is 29.1. The minimum atomic E-state index is -0.970. The van der Waals surface area contributed by atoms with Gasteiger partial charge >= 0.3 is 11.9 Å². The molecule has 0 bridgehead atoms. The van der Waals surface area contributed by atoms with Crippen molar-refractivity contribution in [1.82, 2.24) is 5.32 Å². The van der Waals surface area contributed by atoms with Crippen LogP contribution in [0.2, 0.25) is 0 Å². The van der Waals surface area contributed by atoms with Gasteiger partial charge in [0.15, 0.2) is 6.61 Å². The molecule has 0 fully saturated rings. The van der Waals surface area contributed by atoms with Gasteiger partial charge in [-0.25, -0.2) is 9.59 Å². The lowest BCUT2D eigenvalue weighted by molar-refractivity contribution is -0.151. The number of carbonyl (C=O) groups is 4. The minimum absolute atomic E-state index is 0.172. The van der Waals surface area contributed by atoms with Crippen molar-refractivity contribution in [3.05, 3.63) is 77.2 Å². The quantitative estimate of drug-likeness (QED) is 0.236. The van der Waals surface area contributed by atoms with Crippen molar-refractivity contribution in [2.75, 3.05) is 25.6 Å². The molecule has 1 unspecified atom stereocenters. The van der Waals surface area contributed by atoms with Gasteiger partial charge in [0.2, 0.25) is 5.91 Å². The summed E-state index contributed by atoms with van der Waals surface area (Å²) in [5.41, 5.74) is 2.43. The summed E-state index contributed by atoms with van der Waals surface area (Å²) >= 11 is 1.17. The molecule has 1 heterocycles. The summed E-state index contributed by atoms with van der Waals surface area (Å²) in [5.74, 6) is -2.04. The van der Waals surface area contributed by atoms with Crippen LogP contribution in [-0.2, 0) is 23.9 Å². The van der Waals surface area contributed by atoms with Crippen LogP contribution in [0.1, 0.15) is 36.7 Å². The van der Waals surface area contributed by atoms with Gasteiger partial charge in [-0.3, -0.25) is 9.59 Å². The van der Waals surface area contributed by atoms with Gasteiger partial charge in [0.05, 0.1) is 13.7 Å². The van der Waals surface area contributed by atoms with Gasteiger partial charge in [-0.15, -0.1) is 11.3 Å². The second kappa shape index (κ2) is 14.6. The Morgan fingerprint density at radius 2 is 1.68 bits per heavy atom. The summed E-state index contributed by atoms with van der Waals surface area (Å²) in [5, 5.41) is 7.32. The summed E-state index contributed by atoms with van der Waals surface area (Å²) in [6.07, 6.45) is 2.92. The van der Waals surface area contributed by atoms with E-state index in [1.165, 1.54) is 17.4 Å². The normalized spacial score (nSPS) is 11.6. The van der Waals surface area contributed by atoms with Crippen LogP contribution in [0.15, 0.2) is 66.1 Å². The molecule has 0 spiro atoms. The van der Waals surface area contributed by atoms with Gasteiger partial charge in [-0.05, 0) is 42.2 Å². The third-order valence-corrected chi connectivity index (χ3v) is 6.61. The van der Waals surface area contributed by atoms with Crippen LogP contribution in [0.5, 0.6) is 5.75 Å². The number of hydrogen-bond acceptors (Lipinski definition) is 8. The maximum absolute atomic E-state index is 12.7. The topological polar surface area (TPSA) is 120 Å². The van der Waals surface area contributed by atoms with E-state index in [-0.39, 0.29) is 23.1 Å². The molecule has 10 heteroatoms. The van der Waals surface area contributed by atoms with Crippen molar-refractivity contribution in [3.63, 3.8) is 0 Å². The summed E-state index contributed by atoms with van der Waals surface area (Å²) in [6, 6.07) is 15.4. The van der Waals surface area contributed by atoms with Gasteiger partial charge in [0, 0.05) is 17.0 Å². The summed E-state index contributed by atoms with van der Waals surface area (Å²) in [7, 11) is 1.57. The van der Waals surface area contributed by atoms with Crippen molar-refractivity contribution in [3.8, 4) is 16.9 Å². The summed E-state index contributed by atoms with van der Waals surface area (Å²) in [4.78, 5) is 50.6. The monoisotopic (exact) mass is 564 g/mol. The Morgan fingerprint density at radius 1 is 0.975 bits per heavy atom. The first-order valence-corrected chi connectivity index (χ1v) is 13.5. The lowest BCUT2D eigenvalue weighted by Crippen LogP contribution is -2.45. The van der Waals surface area contributed by atoms with Crippen LogP contribution in [0.4, 0.5) is 5.00 Å². The van der Waals surface area contributed by atoms with E-state index in [4.69, 9.17) is 14.2 Å². The van der Waals surface area contributed by atoms with E-state index in [9.17, 15) is 19.2 Å². The number of rotatable bonds is 12. The van der Waals surface area contributed by atoms with Crippen molar-refractivity contribution in [1.29, 1.82) is 0 Å². The highest BCUT2D eigenvalue weighted by Crippen LogP contribution is 2.36. The largest absolute Gasteiger partial charge is 0.497 e. The molecule has 40 heavy (non-hydrogen) atoms. The van der Waals surface area contributed by atoms with Gasteiger partial charge in [-0.1, -0.05) is 56.3 Å². The first-order chi connectivity index (χ1) is 19.2. The number of anilines is 1. The van der Waals surface area contributed by atoms with Crippen LogP contribution < -0.4 is 15.4 Å². The number of amides is 2. The first-order valence-electron chi connectivity index (χ1n) is 12.7. The van der Waals surface area contributed by atoms with Gasteiger partial charge in [0.25, 0.3) is 5.91 Å². The second-order valence-electron chi connectivity index (χ2n) is 8.93. The Morgan fingerprint density at radius 3 is 2.30 bits per heavy atom. The Hall–Kier alpha value is -4.44. The van der Waals surface area contributed by atoms with Crippen LogP contribution in [0.3, 0.4) is 0 Å². The van der Waals surface area contributed by atoms with Crippen molar-refractivity contribution in [2.24, 2.45) is 5.92 Å². The summed E-state index contributed by atoms with van der Waals surface area (Å²) in [6.45, 7) is 4.78. The molecule has 3 rings (SSSR count). The van der Waals surface area contributed by atoms with Crippen molar-refractivity contribution < 1.29 is 33.4 Å². The SMILES string of the molecule is CCOC(=O)c1c(-c2ccccc2)csc1NC(=O)COC(=O)C(NC(=O)/C=C/c1ccc(OC)cc1)C(C)C. The van der Waals surface area contributed by atoms with E-state index < -0.39 is 36.4 Å². The molecule has 3 aromatic rings. The van der Waals surface area contributed by atoms with E-state index in [2.05, 4.69) is 10.6 Å². The highest BCUT2D eigenvalue weighted by atomic mass is 32.1. The third-order valence-electron chi connectivity index (χ3n) is 5.72. The number of nitrogens with one attached hydrogen (secondary N) is 2. The Labute approximate surface area is 237 Å². The maximum Gasteiger partial charge on any atom is 0.341 e. The van der Waals surface area contributed by atoms with Gasteiger partial charge < -0.3 is 24.8 Å². The number of esters is 2. The standard InChI is InChI=1S/C30H32N2O7S/c1-5-38-29(35)26-23(21-9-7-6-8-10-21)18-40-28(26)32-25(34)17-39-30(36)27(19(2)3)31-24(33)16-13-20-11-14-22(37-4)15-12-20/h6-16,18-19,27H,5,17H2,1-4H3,(H,31,33)(H,32,34)/b16-13+. The predicted molar refractivity (Wildman–Crippen MR) is 154 cm³/mol. The molecule has 1 atom stereocenters. The fraction of sp³-hybridized carbons (Fsp3) is 0.267. The minimum Gasteiger partial charge on any atom is -0.497 e. The van der Waals surface area contributed by atoms with Crippen molar-refractivity contribution >= 4 is 46.2 Å². The van der Waals surface area contributed by atoms with Crippen LogP contribution in [0, 0.1) is 5.92 Å². The lowest BCUT2D eigenvalue weighted by Gasteiger charge is -2.20. The number of thiophene rings is 1. The van der Waals surface area contributed by atoms with E-state index in [0.717, 1.165) is 11.1 Å². The lowest BCUT2D eigenvalue weighted by atomic mass is 10.0. The highest BCUT2D eigenvalue weighted by Gasteiger charge is 2.27. The molecule has 2 N–H and O–H groups in total. The fourth-order valence-electron chi connectivity index (χ4n) is 3.66. The molecule has 0 aliphatic carbocycles. The summed E-state index contributed by atoms with van der Waals surface area (Å²) < 4.78 is 15.5. The molecule has 9 nitrogen and oxygen atoms in total.